The summed E-state index contributed by atoms with van der Waals surface area (Å²) in [5, 5.41) is 0.0386. The molecule has 0 saturated carbocycles. The quantitative estimate of drug-likeness (QED) is 0.409. The molecule has 1 N–H and O–H groups in total. The summed E-state index contributed by atoms with van der Waals surface area (Å²) in [7, 11) is -2.15. The van der Waals surface area contributed by atoms with Crippen molar-refractivity contribution >= 4 is 24.2 Å². The van der Waals surface area contributed by atoms with Gasteiger partial charge in [0.1, 0.15) is 0 Å². The van der Waals surface area contributed by atoms with Crippen molar-refractivity contribution in [2.75, 3.05) is 0 Å². The van der Waals surface area contributed by atoms with Crippen molar-refractivity contribution < 1.29 is 4.80 Å². The molecule has 1 aromatic carbocycles. The van der Waals surface area contributed by atoms with Crippen LogP contribution in [0.5, 0.6) is 0 Å². The van der Waals surface area contributed by atoms with Gasteiger partial charge in [0.15, 0.2) is 8.32 Å². The SMILES string of the molecule is CCCCCC(CC(C)(C)[Si](C)(C)O)c1ccc(Br)cc1. The Kier molecular flexibility index (Phi) is 7.15. The van der Waals surface area contributed by atoms with Gasteiger partial charge in [0, 0.05) is 4.47 Å². The molecule has 1 aromatic rings. The lowest BCUT2D eigenvalue weighted by Crippen LogP contribution is -2.39. The highest BCUT2D eigenvalue weighted by atomic mass is 79.9. The largest absolute Gasteiger partial charge is 0.432 e. The van der Waals surface area contributed by atoms with Crippen LogP contribution in [0.1, 0.15) is 64.4 Å². The van der Waals surface area contributed by atoms with E-state index in [9.17, 15) is 4.80 Å². The van der Waals surface area contributed by atoms with Crippen LogP contribution >= 0.6 is 15.9 Å². The van der Waals surface area contributed by atoms with Gasteiger partial charge in [-0.05, 0) is 54.6 Å². The zero-order valence-electron chi connectivity index (χ0n) is 14.2. The average molecular weight is 371 g/mol. The maximum absolute atomic E-state index is 10.6. The van der Waals surface area contributed by atoms with Crippen molar-refractivity contribution in [3.8, 4) is 0 Å². The van der Waals surface area contributed by atoms with E-state index in [0.717, 1.165) is 10.9 Å². The van der Waals surface area contributed by atoms with Crippen molar-refractivity contribution in [3.63, 3.8) is 0 Å². The molecule has 1 nitrogen and oxygen atoms in total. The fourth-order valence-corrected chi connectivity index (χ4v) is 3.64. The van der Waals surface area contributed by atoms with Gasteiger partial charge in [-0.2, -0.15) is 0 Å². The number of halogens is 1. The second kappa shape index (κ2) is 7.93. The third-order valence-corrected chi connectivity index (χ3v) is 8.96. The zero-order valence-corrected chi connectivity index (χ0v) is 16.8. The summed E-state index contributed by atoms with van der Waals surface area (Å²) in [4.78, 5) is 10.6. The third-order valence-electron chi connectivity index (χ3n) is 4.91. The minimum Gasteiger partial charge on any atom is -0.432 e. The van der Waals surface area contributed by atoms with Crippen LogP contribution in [0.4, 0.5) is 0 Å². The smallest absolute Gasteiger partial charge is 0.188 e. The molecule has 21 heavy (non-hydrogen) atoms. The van der Waals surface area contributed by atoms with Crippen molar-refractivity contribution in [1.82, 2.24) is 0 Å². The van der Waals surface area contributed by atoms with Crippen molar-refractivity contribution in [1.29, 1.82) is 0 Å². The minimum atomic E-state index is -2.15. The van der Waals surface area contributed by atoms with E-state index in [0.29, 0.717) is 5.92 Å². The first kappa shape index (κ1) is 18.9. The van der Waals surface area contributed by atoms with Gasteiger partial charge in [0.2, 0.25) is 0 Å². The van der Waals surface area contributed by atoms with Crippen molar-refractivity contribution in [2.45, 2.75) is 76.9 Å². The highest BCUT2D eigenvalue weighted by Crippen LogP contribution is 2.45. The molecular weight excluding hydrogens is 340 g/mol. The number of rotatable bonds is 8. The number of hydrogen-bond acceptors (Lipinski definition) is 1. The van der Waals surface area contributed by atoms with Crippen LogP contribution < -0.4 is 0 Å². The van der Waals surface area contributed by atoms with E-state index in [1.165, 1.54) is 31.2 Å². The van der Waals surface area contributed by atoms with Gasteiger partial charge >= 0.3 is 0 Å². The topological polar surface area (TPSA) is 20.2 Å². The summed E-state index contributed by atoms with van der Waals surface area (Å²) in [6.07, 6.45) is 6.14. The van der Waals surface area contributed by atoms with Gasteiger partial charge in [-0.3, -0.25) is 0 Å². The molecule has 0 radical (unpaired) electrons. The minimum absolute atomic E-state index is 0.0386. The lowest BCUT2D eigenvalue weighted by molar-refractivity contribution is 0.406. The summed E-state index contributed by atoms with van der Waals surface area (Å²) in [6, 6.07) is 8.75. The van der Waals surface area contributed by atoms with Gasteiger partial charge in [-0.1, -0.05) is 68.1 Å². The number of benzene rings is 1. The fraction of sp³-hybridized carbons (Fsp3) is 0.667. The molecule has 0 aliphatic rings. The molecule has 0 heterocycles. The predicted molar refractivity (Wildman–Crippen MR) is 99.4 cm³/mol. The van der Waals surface area contributed by atoms with Crippen LogP contribution in [-0.2, 0) is 0 Å². The Balaban J connectivity index is 2.89. The van der Waals surface area contributed by atoms with E-state index in [2.05, 4.69) is 74.1 Å². The monoisotopic (exact) mass is 370 g/mol. The molecule has 0 aromatic heterocycles. The van der Waals surface area contributed by atoms with Crippen LogP contribution in [-0.4, -0.2) is 13.1 Å². The third kappa shape index (κ3) is 5.88. The highest BCUT2D eigenvalue weighted by molar-refractivity contribution is 9.10. The molecule has 0 spiro atoms. The lowest BCUT2D eigenvalue weighted by Gasteiger charge is -2.38. The molecule has 0 amide bonds. The van der Waals surface area contributed by atoms with E-state index < -0.39 is 8.32 Å². The summed E-state index contributed by atoms with van der Waals surface area (Å²) in [5.74, 6) is 0.554. The normalized spacial score (nSPS) is 14.2. The Labute approximate surface area is 140 Å². The summed E-state index contributed by atoms with van der Waals surface area (Å²) >= 11 is 3.52. The standard InChI is InChI=1S/C18H31BrOSi/c1-6-7-8-9-16(14-18(2,3)21(4,5)20)15-10-12-17(19)13-11-15/h10-13,16,20H,6-9,14H2,1-5H3. The molecule has 0 bridgehead atoms. The molecule has 1 atom stereocenters. The first-order valence-electron chi connectivity index (χ1n) is 8.15. The van der Waals surface area contributed by atoms with E-state index in [1.807, 2.05) is 0 Å². The van der Waals surface area contributed by atoms with E-state index >= 15 is 0 Å². The number of hydrogen-bond donors (Lipinski definition) is 1. The van der Waals surface area contributed by atoms with Crippen molar-refractivity contribution in [2.24, 2.45) is 0 Å². The maximum atomic E-state index is 10.6. The van der Waals surface area contributed by atoms with Crippen molar-refractivity contribution in [3.05, 3.63) is 34.3 Å². The molecule has 120 valence electrons. The first-order chi connectivity index (χ1) is 9.67. The Morgan fingerprint density at radius 2 is 1.71 bits per heavy atom. The van der Waals surface area contributed by atoms with E-state index in [4.69, 9.17) is 0 Å². The Bertz CT molecular complexity index is 420. The van der Waals surface area contributed by atoms with Crippen LogP contribution in [0.2, 0.25) is 18.1 Å². The predicted octanol–water partition coefficient (Wildman–Crippen LogP) is 6.48. The van der Waals surface area contributed by atoms with Gasteiger partial charge in [-0.25, -0.2) is 0 Å². The van der Waals surface area contributed by atoms with Gasteiger partial charge in [-0.15, -0.1) is 0 Å². The van der Waals surface area contributed by atoms with Gasteiger partial charge in [0.05, 0.1) is 0 Å². The Morgan fingerprint density at radius 1 is 1.14 bits per heavy atom. The molecule has 0 fully saturated rings. The second-order valence-electron chi connectivity index (χ2n) is 7.39. The van der Waals surface area contributed by atoms with E-state index in [1.54, 1.807) is 0 Å². The molecule has 1 rings (SSSR count). The zero-order chi connectivity index (χ0) is 16.1. The number of unbranched alkanes of at least 4 members (excludes halogenated alkanes) is 2. The summed E-state index contributed by atoms with van der Waals surface area (Å²) < 4.78 is 1.13. The highest BCUT2D eigenvalue weighted by Gasteiger charge is 2.39. The molecule has 0 aliphatic carbocycles. The molecular formula is C18H31BrOSi. The van der Waals surface area contributed by atoms with Crippen LogP contribution in [0.25, 0.3) is 0 Å². The lowest BCUT2D eigenvalue weighted by atomic mass is 9.86. The van der Waals surface area contributed by atoms with Crippen LogP contribution in [0, 0.1) is 0 Å². The van der Waals surface area contributed by atoms with Gasteiger partial charge < -0.3 is 4.80 Å². The summed E-state index contributed by atoms with van der Waals surface area (Å²) in [5.41, 5.74) is 1.42. The second-order valence-corrected chi connectivity index (χ2v) is 12.8. The van der Waals surface area contributed by atoms with Crippen LogP contribution in [0.15, 0.2) is 28.7 Å². The molecule has 0 saturated heterocycles. The summed E-state index contributed by atoms with van der Waals surface area (Å²) in [6.45, 7) is 10.9. The molecule has 1 unspecified atom stereocenters. The Hall–Kier alpha value is -0.123. The first-order valence-corrected chi connectivity index (χ1v) is 11.9. The molecule has 3 heteroatoms. The maximum Gasteiger partial charge on any atom is 0.188 e. The fourth-order valence-electron chi connectivity index (χ4n) is 2.63. The van der Waals surface area contributed by atoms with E-state index in [-0.39, 0.29) is 5.04 Å². The molecule has 0 aliphatic heterocycles. The van der Waals surface area contributed by atoms with Gasteiger partial charge in [0.25, 0.3) is 0 Å². The Morgan fingerprint density at radius 3 is 2.19 bits per heavy atom. The van der Waals surface area contributed by atoms with Crippen LogP contribution in [0.3, 0.4) is 0 Å². The average Bonchev–Trinajstić information content (AvgIpc) is 2.37.